The molecule has 1 atom stereocenters. The highest BCUT2D eigenvalue weighted by molar-refractivity contribution is 7.89. The molecule has 2 rings (SSSR count). The topological polar surface area (TPSA) is 93.2 Å². The van der Waals surface area contributed by atoms with E-state index in [0.29, 0.717) is 5.92 Å². The lowest BCUT2D eigenvalue weighted by molar-refractivity contribution is -0.155. The molecule has 9 heteroatoms. The first kappa shape index (κ1) is 22.3. The number of hydrogen-bond donors (Lipinski definition) is 0. The quantitative estimate of drug-likeness (QED) is 0.596. The van der Waals surface area contributed by atoms with E-state index in [1.54, 1.807) is 12.1 Å². The van der Waals surface area contributed by atoms with Crippen molar-refractivity contribution in [2.45, 2.75) is 31.1 Å². The van der Waals surface area contributed by atoms with Crippen LogP contribution in [0, 0.1) is 0 Å². The third-order valence-electron chi connectivity index (χ3n) is 4.91. The van der Waals surface area contributed by atoms with Gasteiger partial charge in [-0.2, -0.15) is 4.31 Å². The van der Waals surface area contributed by atoms with Crippen molar-refractivity contribution in [1.29, 1.82) is 0 Å². The van der Waals surface area contributed by atoms with Crippen LogP contribution in [0.5, 0.6) is 0 Å². The summed E-state index contributed by atoms with van der Waals surface area (Å²) in [5.41, 5.74) is 1.11. The molecule has 1 aromatic rings. The third-order valence-corrected chi connectivity index (χ3v) is 6.82. The number of benzene rings is 1. The summed E-state index contributed by atoms with van der Waals surface area (Å²) in [6.45, 7) is 4.53. The van der Waals surface area contributed by atoms with E-state index < -0.39 is 16.0 Å². The molecule has 0 unspecified atom stereocenters. The van der Waals surface area contributed by atoms with Crippen LogP contribution >= 0.6 is 0 Å². The molecule has 8 nitrogen and oxygen atoms in total. The first-order chi connectivity index (χ1) is 13.3. The van der Waals surface area contributed by atoms with Gasteiger partial charge in [0, 0.05) is 33.3 Å². The van der Waals surface area contributed by atoms with Crippen LogP contribution in [-0.2, 0) is 29.1 Å². The molecule has 28 heavy (non-hydrogen) atoms. The smallest absolute Gasteiger partial charge is 0.332 e. The molecule has 0 aliphatic carbocycles. The number of ether oxygens (including phenoxy) is 2. The number of carbonyl (C=O) groups excluding carboxylic acids is 2. The molecule has 1 aliphatic rings. The molecule has 0 radical (unpaired) electrons. The number of hydrogen-bond acceptors (Lipinski definition) is 6. The number of amides is 1. The summed E-state index contributed by atoms with van der Waals surface area (Å²) < 4.78 is 36.5. The van der Waals surface area contributed by atoms with Gasteiger partial charge in [-0.15, -0.1) is 0 Å². The minimum atomic E-state index is -3.60. The van der Waals surface area contributed by atoms with Gasteiger partial charge < -0.3 is 14.4 Å². The maximum atomic E-state index is 12.8. The Balaban J connectivity index is 1.92. The Morgan fingerprint density at radius 2 is 1.68 bits per heavy atom. The number of methoxy groups -OCH3 is 1. The molecular formula is C19H28N2O6S. The Kier molecular flexibility index (Phi) is 7.97. The van der Waals surface area contributed by atoms with Gasteiger partial charge in [-0.05, 0) is 30.0 Å². The van der Waals surface area contributed by atoms with Crippen molar-refractivity contribution in [1.82, 2.24) is 9.21 Å². The number of nitrogens with zero attached hydrogens (tertiary/aromatic N) is 2. The second-order valence-electron chi connectivity index (χ2n) is 6.76. The van der Waals surface area contributed by atoms with Crippen LogP contribution in [0.3, 0.4) is 0 Å². The van der Waals surface area contributed by atoms with Gasteiger partial charge in [0.05, 0.1) is 4.90 Å². The Morgan fingerprint density at radius 3 is 2.21 bits per heavy atom. The zero-order chi connectivity index (χ0) is 20.7. The predicted molar refractivity (Wildman–Crippen MR) is 103 cm³/mol. The Hall–Kier alpha value is -1.97. The molecule has 1 fully saturated rings. The fourth-order valence-electron chi connectivity index (χ4n) is 2.92. The monoisotopic (exact) mass is 412 g/mol. The van der Waals surface area contributed by atoms with E-state index in [0.717, 1.165) is 12.0 Å². The molecule has 0 saturated carbocycles. The number of sulfonamides is 1. The van der Waals surface area contributed by atoms with Gasteiger partial charge in [-0.1, -0.05) is 26.0 Å². The first-order valence-electron chi connectivity index (χ1n) is 9.32. The summed E-state index contributed by atoms with van der Waals surface area (Å²) in [6.07, 6.45) is 0.989. The molecule has 1 saturated heterocycles. The van der Waals surface area contributed by atoms with Crippen LogP contribution < -0.4 is 0 Å². The molecule has 1 amide bonds. The molecular weight excluding hydrogens is 384 g/mol. The second kappa shape index (κ2) is 9.99. The van der Waals surface area contributed by atoms with Gasteiger partial charge >= 0.3 is 5.97 Å². The molecule has 1 aliphatic heterocycles. The van der Waals surface area contributed by atoms with Crippen LogP contribution in [0.15, 0.2) is 29.2 Å². The van der Waals surface area contributed by atoms with E-state index in [-0.39, 0.29) is 50.2 Å². The number of rotatable bonds is 8. The summed E-state index contributed by atoms with van der Waals surface area (Å²) in [4.78, 5) is 25.1. The van der Waals surface area contributed by atoms with E-state index in [2.05, 4.69) is 18.6 Å². The number of esters is 1. The van der Waals surface area contributed by atoms with Gasteiger partial charge in [0.15, 0.2) is 6.61 Å². The lowest BCUT2D eigenvalue weighted by atomic mass is 9.99. The van der Waals surface area contributed by atoms with Crippen LogP contribution in [0.4, 0.5) is 0 Å². The molecule has 1 heterocycles. The minimum absolute atomic E-state index is 0.202. The number of piperazine rings is 1. The molecule has 1 aromatic carbocycles. The molecule has 0 N–H and O–H groups in total. The van der Waals surface area contributed by atoms with Gasteiger partial charge in [-0.25, -0.2) is 13.2 Å². The normalized spacial score (nSPS) is 16.6. The van der Waals surface area contributed by atoms with Gasteiger partial charge in [0.25, 0.3) is 5.91 Å². The van der Waals surface area contributed by atoms with E-state index >= 15 is 0 Å². The largest absolute Gasteiger partial charge is 0.454 e. The van der Waals surface area contributed by atoms with Crippen LogP contribution in [0.25, 0.3) is 0 Å². The van der Waals surface area contributed by atoms with E-state index in [1.807, 2.05) is 12.1 Å². The zero-order valence-corrected chi connectivity index (χ0v) is 17.4. The lowest BCUT2D eigenvalue weighted by Crippen LogP contribution is -2.51. The summed E-state index contributed by atoms with van der Waals surface area (Å²) in [7, 11) is -2.24. The third kappa shape index (κ3) is 5.52. The van der Waals surface area contributed by atoms with Gasteiger partial charge in [0.1, 0.15) is 6.61 Å². The van der Waals surface area contributed by atoms with Crippen molar-refractivity contribution in [2.75, 3.05) is 46.5 Å². The highest BCUT2D eigenvalue weighted by atomic mass is 32.2. The standard InChI is InChI=1S/C19H28N2O6S/c1-4-15(2)16-5-7-17(8-6-16)28(24,25)21-11-9-20(10-12-21)18(22)13-27-19(23)14-26-3/h5-8,15H,4,9-14H2,1-3H3/t15-/m1/s1. The molecule has 156 valence electrons. The Morgan fingerprint density at radius 1 is 1.07 bits per heavy atom. The predicted octanol–water partition coefficient (Wildman–Crippen LogP) is 1.22. The van der Waals surface area contributed by atoms with Crippen LogP contribution in [-0.4, -0.2) is 76.0 Å². The van der Waals surface area contributed by atoms with Crippen molar-refractivity contribution >= 4 is 21.9 Å². The van der Waals surface area contributed by atoms with Crippen LogP contribution in [0.2, 0.25) is 0 Å². The maximum Gasteiger partial charge on any atom is 0.332 e. The van der Waals surface area contributed by atoms with E-state index in [9.17, 15) is 18.0 Å². The minimum Gasteiger partial charge on any atom is -0.454 e. The Bertz CT molecular complexity index is 770. The van der Waals surface area contributed by atoms with Crippen molar-refractivity contribution < 1.29 is 27.5 Å². The zero-order valence-electron chi connectivity index (χ0n) is 16.6. The van der Waals surface area contributed by atoms with Gasteiger partial charge in [-0.3, -0.25) is 4.79 Å². The molecule has 0 spiro atoms. The summed E-state index contributed by atoms with van der Waals surface area (Å²) >= 11 is 0. The SMILES string of the molecule is CC[C@@H](C)c1ccc(S(=O)(=O)N2CCN(C(=O)COC(=O)COC)CC2)cc1. The lowest BCUT2D eigenvalue weighted by Gasteiger charge is -2.33. The first-order valence-corrected chi connectivity index (χ1v) is 10.8. The summed E-state index contributed by atoms with van der Waals surface area (Å²) in [5.74, 6) is -0.582. The fraction of sp³-hybridized carbons (Fsp3) is 0.579. The van der Waals surface area contributed by atoms with Crippen LogP contribution in [0.1, 0.15) is 31.7 Å². The molecule has 0 aromatic heterocycles. The second-order valence-corrected chi connectivity index (χ2v) is 8.69. The van der Waals surface area contributed by atoms with Crippen molar-refractivity contribution in [3.8, 4) is 0 Å². The fourth-order valence-corrected chi connectivity index (χ4v) is 4.35. The maximum absolute atomic E-state index is 12.8. The summed E-state index contributed by atoms with van der Waals surface area (Å²) in [5, 5.41) is 0. The Labute approximate surface area is 166 Å². The average molecular weight is 413 g/mol. The van der Waals surface area contributed by atoms with E-state index in [4.69, 9.17) is 4.74 Å². The summed E-state index contributed by atoms with van der Waals surface area (Å²) in [6, 6.07) is 7.00. The number of carbonyl (C=O) groups is 2. The highest BCUT2D eigenvalue weighted by Crippen LogP contribution is 2.23. The van der Waals surface area contributed by atoms with Crippen molar-refractivity contribution in [3.05, 3.63) is 29.8 Å². The van der Waals surface area contributed by atoms with E-state index in [1.165, 1.54) is 16.3 Å². The average Bonchev–Trinajstić information content (AvgIpc) is 2.71. The van der Waals surface area contributed by atoms with Gasteiger partial charge in [0.2, 0.25) is 10.0 Å². The van der Waals surface area contributed by atoms with Crippen molar-refractivity contribution in [3.63, 3.8) is 0 Å². The highest BCUT2D eigenvalue weighted by Gasteiger charge is 2.30. The van der Waals surface area contributed by atoms with Crippen molar-refractivity contribution in [2.24, 2.45) is 0 Å². The molecule has 0 bridgehead atoms.